The van der Waals surface area contributed by atoms with E-state index in [4.69, 9.17) is 10.1 Å². The maximum Gasteiger partial charge on any atom is 0.220 e. The molecule has 0 spiro atoms. The summed E-state index contributed by atoms with van der Waals surface area (Å²) < 4.78 is 1.97. The lowest BCUT2D eigenvalue weighted by atomic mass is 10.0. The molecule has 0 saturated carbocycles. The van der Waals surface area contributed by atoms with Gasteiger partial charge in [0.1, 0.15) is 0 Å². The monoisotopic (exact) mass is 447 g/mol. The highest BCUT2D eigenvalue weighted by Gasteiger charge is 2.27. The van der Waals surface area contributed by atoms with Gasteiger partial charge >= 0.3 is 0 Å². The zero-order chi connectivity index (χ0) is 23.8. The van der Waals surface area contributed by atoms with Gasteiger partial charge in [0.15, 0.2) is 5.65 Å². The second-order valence-electron chi connectivity index (χ2n) is 10.6. The third kappa shape index (κ3) is 5.61. The van der Waals surface area contributed by atoms with Crippen LogP contribution in [0.15, 0.2) is 30.3 Å². The van der Waals surface area contributed by atoms with Gasteiger partial charge in [0, 0.05) is 48.4 Å². The number of nitrogens with one attached hydrogen (secondary N) is 1. The van der Waals surface area contributed by atoms with E-state index in [0.717, 1.165) is 54.3 Å². The van der Waals surface area contributed by atoms with Crippen LogP contribution in [-0.2, 0) is 17.8 Å². The molecule has 3 aromatic rings. The number of carbonyl (C=O) groups is 1. The number of rotatable bonds is 6. The number of aromatic nitrogens is 3. The third-order valence-corrected chi connectivity index (χ3v) is 6.52. The molecule has 1 aromatic carbocycles. The summed E-state index contributed by atoms with van der Waals surface area (Å²) in [5, 5.41) is 8.01. The molecule has 1 aliphatic rings. The fraction of sp³-hybridized carbons (Fsp3) is 0.519. The fourth-order valence-corrected chi connectivity index (χ4v) is 4.79. The van der Waals surface area contributed by atoms with Gasteiger partial charge in [-0.25, -0.2) is 9.50 Å². The Labute approximate surface area is 197 Å². The van der Waals surface area contributed by atoms with Gasteiger partial charge in [0.2, 0.25) is 5.91 Å². The number of fused-ring (bicyclic) bond motifs is 1. The van der Waals surface area contributed by atoms with Crippen LogP contribution in [0.5, 0.6) is 0 Å². The number of carbonyl (C=O) groups excluding carboxylic acids is 1. The Morgan fingerprint density at radius 2 is 1.88 bits per heavy atom. The second kappa shape index (κ2) is 9.26. The van der Waals surface area contributed by atoms with E-state index in [1.807, 2.05) is 32.2 Å². The van der Waals surface area contributed by atoms with Crippen molar-refractivity contribution in [3.8, 4) is 0 Å². The Morgan fingerprint density at radius 3 is 2.58 bits per heavy atom. The molecular formula is C27H37N5O. The molecule has 6 heteroatoms. The van der Waals surface area contributed by atoms with Crippen LogP contribution in [0.1, 0.15) is 73.3 Å². The SMILES string of the molecule is Cc1ccc(CN2CCC(c3cc4nc(C)c(CCC(=O)NC(C)(C)C)c(C)n4n3)C2)cc1. The van der Waals surface area contributed by atoms with Crippen molar-refractivity contribution < 1.29 is 4.79 Å². The highest BCUT2D eigenvalue weighted by Crippen LogP contribution is 2.29. The summed E-state index contributed by atoms with van der Waals surface area (Å²) in [6.07, 6.45) is 2.25. The van der Waals surface area contributed by atoms with Crippen LogP contribution in [0.2, 0.25) is 0 Å². The molecule has 1 saturated heterocycles. The van der Waals surface area contributed by atoms with Gasteiger partial charge in [-0.3, -0.25) is 9.69 Å². The van der Waals surface area contributed by atoms with Gasteiger partial charge in [-0.05, 0) is 72.1 Å². The van der Waals surface area contributed by atoms with Gasteiger partial charge < -0.3 is 5.32 Å². The van der Waals surface area contributed by atoms with E-state index in [-0.39, 0.29) is 11.4 Å². The van der Waals surface area contributed by atoms with E-state index in [1.54, 1.807) is 0 Å². The molecule has 0 aliphatic carbocycles. The Balaban J connectivity index is 1.46. The zero-order valence-corrected chi connectivity index (χ0v) is 20.9. The number of hydrogen-bond donors (Lipinski definition) is 1. The summed E-state index contributed by atoms with van der Waals surface area (Å²) in [7, 11) is 0. The molecule has 1 amide bonds. The van der Waals surface area contributed by atoms with Crippen molar-refractivity contribution in [3.05, 3.63) is 64.1 Å². The summed E-state index contributed by atoms with van der Waals surface area (Å²) in [5.41, 5.74) is 7.67. The summed E-state index contributed by atoms with van der Waals surface area (Å²) in [6, 6.07) is 11.0. The molecule has 1 N–H and O–H groups in total. The van der Waals surface area contributed by atoms with E-state index in [1.165, 1.54) is 11.1 Å². The Bertz CT molecular complexity index is 1140. The lowest BCUT2D eigenvalue weighted by Gasteiger charge is -2.20. The lowest BCUT2D eigenvalue weighted by molar-refractivity contribution is -0.122. The van der Waals surface area contributed by atoms with Gasteiger partial charge in [-0.1, -0.05) is 29.8 Å². The maximum atomic E-state index is 12.3. The summed E-state index contributed by atoms with van der Waals surface area (Å²) in [6.45, 7) is 15.4. The summed E-state index contributed by atoms with van der Waals surface area (Å²) in [4.78, 5) is 19.7. The molecule has 2 aromatic heterocycles. The molecule has 1 aliphatic heterocycles. The van der Waals surface area contributed by atoms with Crippen molar-refractivity contribution in [2.24, 2.45) is 0 Å². The van der Waals surface area contributed by atoms with Crippen molar-refractivity contribution in [2.75, 3.05) is 13.1 Å². The molecule has 0 bridgehead atoms. The number of hydrogen-bond acceptors (Lipinski definition) is 4. The van der Waals surface area contributed by atoms with Crippen LogP contribution in [0.4, 0.5) is 0 Å². The Morgan fingerprint density at radius 1 is 1.15 bits per heavy atom. The minimum absolute atomic E-state index is 0.0715. The zero-order valence-electron chi connectivity index (χ0n) is 20.9. The molecule has 4 rings (SSSR count). The minimum Gasteiger partial charge on any atom is -0.351 e. The molecule has 33 heavy (non-hydrogen) atoms. The minimum atomic E-state index is -0.213. The summed E-state index contributed by atoms with van der Waals surface area (Å²) >= 11 is 0. The fourth-order valence-electron chi connectivity index (χ4n) is 4.79. The van der Waals surface area contributed by atoms with E-state index in [2.05, 4.69) is 54.4 Å². The molecule has 176 valence electrons. The van der Waals surface area contributed by atoms with Crippen molar-refractivity contribution in [1.82, 2.24) is 24.8 Å². The van der Waals surface area contributed by atoms with Crippen molar-refractivity contribution in [1.29, 1.82) is 0 Å². The first kappa shape index (κ1) is 23.4. The average Bonchev–Trinajstić information content (AvgIpc) is 3.35. The predicted molar refractivity (Wildman–Crippen MR) is 132 cm³/mol. The molecule has 6 nitrogen and oxygen atoms in total. The molecule has 1 atom stereocenters. The largest absolute Gasteiger partial charge is 0.351 e. The number of likely N-dealkylation sites (tertiary alicyclic amines) is 1. The number of aryl methyl sites for hydroxylation is 3. The molecule has 3 heterocycles. The highest BCUT2D eigenvalue weighted by atomic mass is 16.1. The Hall–Kier alpha value is -2.73. The van der Waals surface area contributed by atoms with Crippen LogP contribution < -0.4 is 5.32 Å². The Kier molecular flexibility index (Phi) is 6.57. The molecule has 1 unspecified atom stereocenters. The van der Waals surface area contributed by atoms with Gasteiger partial charge in [-0.2, -0.15) is 5.10 Å². The first-order chi connectivity index (χ1) is 15.6. The first-order valence-electron chi connectivity index (χ1n) is 12.0. The van der Waals surface area contributed by atoms with Crippen molar-refractivity contribution in [3.63, 3.8) is 0 Å². The topological polar surface area (TPSA) is 62.5 Å². The second-order valence-corrected chi connectivity index (χ2v) is 10.6. The number of amides is 1. The average molecular weight is 448 g/mol. The number of benzene rings is 1. The molecular weight excluding hydrogens is 410 g/mol. The molecule has 1 fully saturated rings. The normalized spacial score (nSPS) is 17.1. The van der Waals surface area contributed by atoms with E-state index in [0.29, 0.717) is 18.8 Å². The van der Waals surface area contributed by atoms with Gasteiger partial charge in [-0.15, -0.1) is 0 Å². The third-order valence-electron chi connectivity index (χ3n) is 6.52. The van der Waals surface area contributed by atoms with E-state index < -0.39 is 0 Å². The van der Waals surface area contributed by atoms with Gasteiger partial charge in [0.25, 0.3) is 0 Å². The smallest absolute Gasteiger partial charge is 0.220 e. The van der Waals surface area contributed by atoms with E-state index >= 15 is 0 Å². The van der Waals surface area contributed by atoms with Crippen LogP contribution in [0.25, 0.3) is 5.65 Å². The quantitative estimate of drug-likeness (QED) is 0.605. The van der Waals surface area contributed by atoms with Crippen LogP contribution in [0.3, 0.4) is 0 Å². The maximum absolute atomic E-state index is 12.3. The first-order valence-corrected chi connectivity index (χ1v) is 12.0. The van der Waals surface area contributed by atoms with E-state index in [9.17, 15) is 4.79 Å². The predicted octanol–water partition coefficient (Wildman–Crippen LogP) is 4.49. The lowest BCUT2D eigenvalue weighted by Crippen LogP contribution is -2.40. The van der Waals surface area contributed by atoms with Gasteiger partial charge in [0.05, 0.1) is 5.69 Å². The van der Waals surface area contributed by atoms with Crippen LogP contribution >= 0.6 is 0 Å². The van der Waals surface area contributed by atoms with Crippen molar-refractivity contribution >= 4 is 11.6 Å². The van der Waals surface area contributed by atoms with Crippen molar-refractivity contribution in [2.45, 2.75) is 78.8 Å². The van der Waals surface area contributed by atoms with Crippen LogP contribution in [0, 0.1) is 20.8 Å². The number of nitrogens with zero attached hydrogens (tertiary/aromatic N) is 4. The summed E-state index contributed by atoms with van der Waals surface area (Å²) in [5.74, 6) is 0.500. The highest BCUT2D eigenvalue weighted by molar-refractivity contribution is 5.77. The standard InChI is InChI=1S/C27H37N5O/c1-18-7-9-21(10-8-18)16-31-14-13-22(17-31)24-15-25-28-19(2)23(20(3)32(25)30-24)11-12-26(33)29-27(4,5)6/h7-10,15,22H,11-14,16-17H2,1-6H3,(H,29,33). The van der Waals surface area contributed by atoms with Crippen LogP contribution in [-0.4, -0.2) is 44.0 Å². The molecule has 0 radical (unpaired) electrons.